The van der Waals surface area contributed by atoms with Crippen LogP contribution in [0.2, 0.25) is 0 Å². The first-order valence-electron chi connectivity index (χ1n) is 17.0. The Morgan fingerprint density at radius 3 is 1.53 bits per heavy atom. The number of allylic oxidation sites excluding steroid dienone is 4. The van der Waals surface area contributed by atoms with Crippen molar-refractivity contribution in [2.45, 2.75) is 106 Å². The maximum absolute atomic E-state index is 3.90. The fraction of sp³-hybridized carbons (Fsp3) is 0.364. The molecular weight excluding hydrogens is 711 g/mol. The van der Waals surface area contributed by atoms with Gasteiger partial charge in [-0.05, 0) is 71.8 Å². The van der Waals surface area contributed by atoms with Crippen LogP contribution in [0, 0.1) is 19.9 Å². The smallest absolute Gasteiger partial charge is 1.00 e. The van der Waals surface area contributed by atoms with Crippen LogP contribution in [0.15, 0.2) is 102 Å². The van der Waals surface area contributed by atoms with Gasteiger partial charge in [0.25, 0.3) is 0 Å². The number of aryl methyl sites for hydroxylation is 4. The second-order valence-electron chi connectivity index (χ2n) is 15.3. The van der Waals surface area contributed by atoms with Gasteiger partial charge in [-0.1, -0.05) is 167 Å². The molecule has 1 unspecified atom stereocenters. The predicted molar refractivity (Wildman–Crippen MR) is 199 cm³/mol. The fourth-order valence-corrected chi connectivity index (χ4v) is 12.5. The van der Waals surface area contributed by atoms with Gasteiger partial charge in [0.15, 0.2) is 0 Å². The molecule has 1 aliphatic carbocycles. The average Bonchev–Trinajstić information content (AvgIpc) is 3.44. The normalized spacial score (nSPS) is 13.8. The van der Waals surface area contributed by atoms with Gasteiger partial charge < -0.3 is 37.2 Å². The summed E-state index contributed by atoms with van der Waals surface area (Å²) in [6, 6.07) is 33.6. The molecule has 5 heteroatoms. The standard InChI is InChI=1S/C44H53Si.3ClH.Ti/c1-11-33-24-34(12-2)27-40(26-33)45(39-22-31(3)21-32(4)23-39,42-20-16-19-36(42)25-35-17-14-13-15-18-35)41-29-37(43(5,6)7)28-38(30-41)44(8,9)10;;;;/h13-15,17-18,20-24,26-30H,11-12,16,25H2,1-10H3;3*1H;/q-1;;;;+4/p-3. The van der Waals surface area contributed by atoms with E-state index in [1.54, 1.807) is 0 Å². The Hall–Kier alpha value is -1.84. The van der Waals surface area contributed by atoms with E-state index in [9.17, 15) is 0 Å². The van der Waals surface area contributed by atoms with E-state index in [1.807, 2.05) is 0 Å². The van der Waals surface area contributed by atoms with E-state index < -0.39 is 8.07 Å². The number of rotatable bonds is 8. The largest absolute Gasteiger partial charge is 4.00 e. The molecule has 1 aliphatic rings. The van der Waals surface area contributed by atoms with E-state index in [4.69, 9.17) is 0 Å². The van der Waals surface area contributed by atoms with E-state index in [0.29, 0.717) is 0 Å². The van der Waals surface area contributed by atoms with Crippen LogP contribution in [0.25, 0.3) is 0 Å². The second kappa shape index (κ2) is 18.1. The van der Waals surface area contributed by atoms with Crippen LogP contribution in [0.1, 0.15) is 101 Å². The molecule has 0 aliphatic heterocycles. The van der Waals surface area contributed by atoms with Crippen molar-refractivity contribution in [3.8, 4) is 0 Å². The van der Waals surface area contributed by atoms with Gasteiger partial charge in [0, 0.05) is 0 Å². The van der Waals surface area contributed by atoms with Gasteiger partial charge in [-0.2, -0.15) is 11.3 Å². The fourth-order valence-electron chi connectivity index (χ4n) is 7.09. The third-order valence-electron chi connectivity index (χ3n) is 9.63. The van der Waals surface area contributed by atoms with Crippen molar-refractivity contribution in [1.29, 1.82) is 0 Å². The Labute approximate surface area is 332 Å². The molecule has 0 heterocycles. The van der Waals surface area contributed by atoms with Crippen LogP contribution in [-0.2, 0) is 51.8 Å². The monoisotopic (exact) mass is 762 g/mol. The third-order valence-corrected chi connectivity index (χ3v) is 14.4. The van der Waals surface area contributed by atoms with Gasteiger partial charge in [0.2, 0.25) is 0 Å². The van der Waals surface area contributed by atoms with Crippen molar-refractivity contribution in [3.05, 3.63) is 147 Å². The van der Waals surface area contributed by atoms with Crippen molar-refractivity contribution in [3.63, 3.8) is 0 Å². The van der Waals surface area contributed by atoms with E-state index >= 15 is 0 Å². The molecule has 0 aromatic heterocycles. The molecule has 4 aromatic rings. The van der Waals surface area contributed by atoms with Crippen LogP contribution in [0.3, 0.4) is 0 Å². The zero-order chi connectivity index (χ0) is 32.6. The van der Waals surface area contributed by atoms with Crippen molar-refractivity contribution >= 4 is 23.6 Å². The van der Waals surface area contributed by atoms with E-state index in [2.05, 4.69) is 166 Å². The second-order valence-corrected chi connectivity index (χ2v) is 19.1. The molecule has 258 valence electrons. The first kappa shape index (κ1) is 45.2. The van der Waals surface area contributed by atoms with Crippen molar-refractivity contribution < 1.29 is 58.9 Å². The SMILES string of the molecule is CCc1cc(CC)cc([Si](C2=CC[C-]=C2Cc2ccccc2)(c2cc(C)cc(C)c2)c2cc(C(C)(C)C)cc(C(C)(C)C)c2)c1.[Cl-].[Cl-].[Cl-].[Ti+4]. The molecule has 0 spiro atoms. The topological polar surface area (TPSA) is 0 Å². The summed E-state index contributed by atoms with van der Waals surface area (Å²) < 4.78 is 0. The molecule has 4 aromatic carbocycles. The summed E-state index contributed by atoms with van der Waals surface area (Å²) in [6.07, 6.45) is 10.3. The summed E-state index contributed by atoms with van der Waals surface area (Å²) >= 11 is 0. The third kappa shape index (κ3) is 9.74. The summed E-state index contributed by atoms with van der Waals surface area (Å²) in [5.74, 6) is 0. The number of hydrogen-bond acceptors (Lipinski definition) is 0. The minimum absolute atomic E-state index is 0. The number of benzene rings is 4. The van der Waals surface area contributed by atoms with Gasteiger partial charge in [-0.15, -0.1) is 6.42 Å². The molecule has 0 radical (unpaired) electrons. The van der Waals surface area contributed by atoms with Gasteiger partial charge >= 0.3 is 21.7 Å². The van der Waals surface area contributed by atoms with Gasteiger partial charge in [0.1, 0.15) is 0 Å². The minimum Gasteiger partial charge on any atom is -1.00 e. The summed E-state index contributed by atoms with van der Waals surface area (Å²) in [4.78, 5) is 0. The van der Waals surface area contributed by atoms with Gasteiger partial charge in [0.05, 0.1) is 8.07 Å². The van der Waals surface area contributed by atoms with Crippen LogP contribution < -0.4 is 52.8 Å². The maximum atomic E-state index is 3.90. The van der Waals surface area contributed by atoms with Crippen molar-refractivity contribution in [2.75, 3.05) is 0 Å². The molecule has 0 fully saturated rings. The van der Waals surface area contributed by atoms with E-state index in [1.165, 1.54) is 65.3 Å². The zero-order valence-corrected chi connectivity index (χ0v) is 36.0. The predicted octanol–water partition coefficient (Wildman–Crippen LogP) is 0.345. The Kier molecular flexibility index (Phi) is 16.7. The first-order chi connectivity index (χ1) is 21.2. The van der Waals surface area contributed by atoms with E-state index in [0.717, 1.165) is 25.7 Å². The van der Waals surface area contributed by atoms with E-state index in [-0.39, 0.29) is 69.8 Å². The Morgan fingerprint density at radius 1 is 0.592 bits per heavy atom. The molecule has 0 saturated heterocycles. The zero-order valence-electron chi connectivity index (χ0n) is 31.1. The first-order valence-corrected chi connectivity index (χ1v) is 19.0. The van der Waals surface area contributed by atoms with Crippen molar-refractivity contribution in [2.24, 2.45) is 0 Å². The summed E-state index contributed by atoms with van der Waals surface area (Å²) in [6.45, 7) is 23.4. The summed E-state index contributed by atoms with van der Waals surface area (Å²) in [5.41, 5.74) is 11.2. The molecule has 0 saturated carbocycles. The summed E-state index contributed by atoms with van der Waals surface area (Å²) in [5, 5.41) is 6.02. The van der Waals surface area contributed by atoms with Crippen molar-refractivity contribution in [1.82, 2.24) is 0 Å². The minimum atomic E-state index is -2.82. The molecule has 0 nitrogen and oxygen atoms in total. The number of halogens is 3. The van der Waals surface area contributed by atoms with Crippen LogP contribution in [-0.4, -0.2) is 8.07 Å². The Balaban J connectivity index is 0.00000300. The molecule has 0 amide bonds. The van der Waals surface area contributed by atoms with Crippen LogP contribution in [0.5, 0.6) is 0 Å². The molecule has 49 heavy (non-hydrogen) atoms. The van der Waals surface area contributed by atoms with Crippen LogP contribution >= 0.6 is 0 Å². The molecular formula is C44H53Cl3SiTi. The number of hydrogen-bond donors (Lipinski definition) is 0. The maximum Gasteiger partial charge on any atom is 4.00 e. The average molecular weight is 764 g/mol. The van der Waals surface area contributed by atoms with Gasteiger partial charge in [-0.25, -0.2) is 5.57 Å². The molecule has 5 rings (SSSR count). The van der Waals surface area contributed by atoms with Crippen LogP contribution in [0.4, 0.5) is 0 Å². The molecule has 1 atom stereocenters. The quantitative estimate of drug-likeness (QED) is 0.138. The molecule has 0 bridgehead atoms. The Morgan fingerprint density at radius 2 is 1.06 bits per heavy atom. The molecule has 0 N–H and O–H groups in total. The van der Waals surface area contributed by atoms with Gasteiger partial charge in [-0.3, -0.25) is 6.08 Å². The Bertz CT molecular complexity index is 1680. The summed E-state index contributed by atoms with van der Waals surface area (Å²) in [7, 11) is -2.82.